The summed E-state index contributed by atoms with van der Waals surface area (Å²) in [6, 6.07) is 13.8. The van der Waals surface area contributed by atoms with Gasteiger partial charge in [0.15, 0.2) is 5.76 Å². The van der Waals surface area contributed by atoms with Crippen molar-refractivity contribution in [3.63, 3.8) is 0 Å². The number of hydrogen-bond acceptors (Lipinski definition) is 4. The van der Waals surface area contributed by atoms with E-state index in [9.17, 15) is 4.79 Å². The molecule has 2 rings (SSSR count). The Morgan fingerprint density at radius 2 is 1.68 bits per heavy atom. The number of ether oxygens (including phenoxy) is 2. The molecular formula is C16H15ClN2O3. The van der Waals surface area contributed by atoms with E-state index in [-0.39, 0.29) is 5.76 Å². The predicted octanol–water partition coefficient (Wildman–Crippen LogP) is 2.76. The summed E-state index contributed by atoms with van der Waals surface area (Å²) < 4.78 is 10.6. The molecule has 6 heteroatoms. The monoisotopic (exact) mass is 318 g/mol. The molecule has 3 N–H and O–H groups in total. The number of hydrogen-bond donors (Lipinski definition) is 2. The lowest BCUT2D eigenvalue weighted by Crippen LogP contribution is -2.33. The molecule has 0 aliphatic rings. The van der Waals surface area contributed by atoms with Gasteiger partial charge in [-0.3, -0.25) is 10.2 Å². The molecule has 22 heavy (non-hydrogen) atoms. The molecule has 0 heterocycles. The van der Waals surface area contributed by atoms with Crippen LogP contribution in [0.5, 0.6) is 11.5 Å². The standard InChI is InChI=1S/C16H15ClN2O3/c1-21-13-6-2-11(3-7-13)10-15(16(20)19-18)22-14-8-4-12(17)5-9-14/h2-10H,18H2,1H3,(H,19,20)/b15-10-. The van der Waals surface area contributed by atoms with Crippen LogP contribution in [0.2, 0.25) is 5.02 Å². The first-order chi connectivity index (χ1) is 10.6. The maximum absolute atomic E-state index is 11.8. The number of benzene rings is 2. The summed E-state index contributed by atoms with van der Waals surface area (Å²) in [5, 5.41) is 0.580. The topological polar surface area (TPSA) is 73.6 Å². The fraction of sp³-hybridized carbons (Fsp3) is 0.0625. The van der Waals surface area contributed by atoms with Crippen LogP contribution in [0.3, 0.4) is 0 Å². The van der Waals surface area contributed by atoms with Crippen LogP contribution in [0.4, 0.5) is 0 Å². The molecular weight excluding hydrogens is 304 g/mol. The van der Waals surface area contributed by atoms with Crippen LogP contribution in [-0.4, -0.2) is 13.0 Å². The van der Waals surface area contributed by atoms with Gasteiger partial charge in [0, 0.05) is 5.02 Å². The van der Waals surface area contributed by atoms with Crippen molar-refractivity contribution in [1.82, 2.24) is 5.43 Å². The summed E-state index contributed by atoms with van der Waals surface area (Å²) in [7, 11) is 1.59. The van der Waals surface area contributed by atoms with E-state index in [2.05, 4.69) is 5.43 Å². The average Bonchev–Trinajstić information content (AvgIpc) is 2.56. The molecule has 0 atom stereocenters. The third kappa shape index (κ3) is 4.25. The van der Waals surface area contributed by atoms with Crippen LogP contribution >= 0.6 is 11.6 Å². The minimum absolute atomic E-state index is 0.0648. The highest BCUT2D eigenvalue weighted by Crippen LogP contribution is 2.20. The van der Waals surface area contributed by atoms with E-state index >= 15 is 0 Å². The lowest BCUT2D eigenvalue weighted by Gasteiger charge is -2.09. The Balaban J connectivity index is 2.26. The van der Waals surface area contributed by atoms with Crippen molar-refractivity contribution in [2.24, 2.45) is 5.84 Å². The van der Waals surface area contributed by atoms with Crippen molar-refractivity contribution >= 4 is 23.6 Å². The lowest BCUT2D eigenvalue weighted by atomic mass is 10.2. The molecule has 0 bridgehead atoms. The quantitative estimate of drug-likeness (QED) is 0.292. The van der Waals surface area contributed by atoms with Gasteiger partial charge in [0.25, 0.3) is 0 Å². The van der Waals surface area contributed by atoms with E-state index in [4.69, 9.17) is 26.9 Å². The number of hydrazine groups is 1. The maximum Gasteiger partial charge on any atom is 0.300 e. The van der Waals surface area contributed by atoms with Crippen LogP contribution in [0.25, 0.3) is 6.08 Å². The van der Waals surface area contributed by atoms with Gasteiger partial charge in [-0.25, -0.2) is 5.84 Å². The van der Waals surface area contributed by atoms with Crippen LogP contribution in [0, 0.1) is 0 Å². The molecule has 0 aliphatic carbocycles. The van der Waals surface area contributed by atoms with Gasteiger partial charge in [-0.1, -0.05) is 23.7 Å². The zero-order chi connectivity index (χ0) is 15.9. The second-order valence-electron chi connectivity index (χ2n) is 4.31. The Kier molecular flexibility index (Phi) is 5.41. The number of halogens is 1. The van der Waals surface area contributed by atoms with E-state index in [1.165, 1.54) is 0 Å². The highest BCUT2D eigenvalue weighted by molar-refractivity contribution is 6.30. The molecule has 0 aliphatic heterocycles. The van der Waals surface area contributed by atoms with Crippen LogP contribution in [0.15, 0.2) is 54.3 Å². The average molecular weight is 319 g/mol. The lowest BCUT2D eigenvalue weighted by molar-refractivity contribution is -0.119. The Hall–Kier alpha value is -2.50. The van der Waals surface area contributed by atoms with Crippen molar-refractivity contribution < 1.29 is 14.3 Å². The molecule has 0 spiro atoms. The maximum atomic E-state index is 11.8. The molecule has 2 aromatic carbocycles. The smallest absolute Gasteiger partial charge is 0.300 e. The number of rotatable bonds is 5. The third-order valence-electron chi connectivity index (χ3n) is 2.81. The normalized spacial score (nSPS) is 11.0. The Bertz CT molecular complexity index is 667. The fourth-order valence-corrected chi connectivity index (χ4v) is 1.82. The summed E-state index contributed by atoms with van der Waals surface area (Å²) in [5.74, 6) is 5.92. The van der Waals surface area contributed by atoms with Gasteiger partial charge in [0.05, 0.1) is 7.11 Å². The largest absolute Gasteiger partial charge is 0.497 e. The zero-order valence-corrected chi connectivity index (χ0v) is 12.6. The fourth-order valence-electron chi connectivity index (χ4n) is 1.69. The number of methoxy groups -OCH3 is 1. The van der Waals surface area contributed by atoms with E-state index in [1.807, 2.05) is 0 Å². The van der Waals surface area contributed by atoms with Gasteiger partial charge in [-0.05, 0) is 48.0 Å². The zero-order valence-electron chi connectivity index (χ0n) is 11.9. The molecule has 0 unspecified atom stereocenters. The van der Waals surface area contributed by atoms with Gasteiger partial charge in [-0.2, -0.15) is 0 Å². The van der Waals surface area contributed by atoms with Crippen LogP contribution < -0.4 is 20.7 Å². The Labute approximate surface area is 133 Å². The number of nitrogens with two attached hydrogens (primary N) is 1. The number of amides is 1. The van der Waals surface area contributed by atoms with Gasteiger partial charge >= 0.3 is 5.91 Å². The molecule has 0 aromatic heterocycles. The van der Waals surface area contributed by atoms with Crippen molar-refractivity contribution in [3.05, 3.63) is 64.9 Å². The molecule has 0 saturated carbocycles. The first kappa shape index (κ1) is 15.9. The predicted molar refractivity (Wildman–Crippen MR) is 85.4 cm³/mol. The minimum atomic E-state index is -0.536. The van der Waals surface area contributed by atoms with E-state index in [0.717, 1.165) is 11.3 Å². The van der Waals surface area contributed by atoms with Gasteiger partial charge in [0.2, 0.25) is 0 Å². The molecule has 5 nitrogen and oxygen atoms in total. The summed E-state index contributed by atoms with van der Waals surface area (Å²) in [6.07, 6.45) is 1.58. The highest BCUT2D eigenvalue weighted by atomic mass is 35.5. The number of carbonyl (C=O) groups excluding carboxylic acids is 1. The van der Waals surface area contributed by atoms with E-state index < -0.39 is 5.91 Å². The van der Waals surface area contributed by atoms with Crippen molar-refractivity contribution in [2.75, 3.05) is 7.11 Å². The molecule has 0 radical (unpaired) electrons. The second kappa shape index (κ2) is 7.49. The first-order valence-corrected chi connectivity index (χ1v) is 6.80. The van der Waals surface area contributed by atoms with E-state index in [1.54, 1.807) is 61.7 Å². The Morgan fingerprint density at radius 3 is 2.23 bits per heavy atom. The SMILES string of the molecule is COc1ccc(/C=C(\Oc2ccc(Cl)cc2)C(=O)NN)cc1. The molecule has 2 aromatic rings. The molecule has 1 amide bonds. The van der Waals surface area contributed by atoms with Gasteiger partial charge in [0.1, 0.15) is 11.5 Å². The Morgan fingerprint density at radius 1 is 1.09 bits per heavy atom. The second-order valence-corrected chi connectivity index (χ2v) is 4.75. The summed E-state index contributed by atoms with van der Waals surface area (Å²) in [5.41, 5.74) is 2.83. The number of nitrogens with one attached hydrogen (secondary N) is 1. The van der Waals surface area contributed by atoms with Crippen molar-refractivity contribution in [2.45, 2.75) is 0 Å². The van der Waals surface area contributed by atoms with Gasteiger partial charge < -0.3 is 9.47 Å². The summed E-state index contributed by atoms with van der Waals surface area (Å²) in [4.78, 5) is 11.8. The summed E-state index contributed by atoms with van der Waals surface area (Å²) >= 11 is 5.82. The third-order valence-corrected chi connectivity index (χ3v) is 3.06. The molecule has 0 saturated heterocycles. The van der Waals surface area contributed by atoms with Crippen LogP contribution in [0.1, 0.15) is 5.56 Å². The van der Waals surface area contributed by atoms with Crippen molar-refractivity contribution in [3.8, 4) is 11.5 Å². The van der Waals surface area contributed by atoms with Gasteiger partial charge in [-0.15, -0.1) is 0 Å². The highest BCUT2D eigenvalue weighted by Gasteiger charge is 2.11. The van der Waals surface area contributed by atoms with Crippen molar-refractivity contribution in [1.29, 1.82) is 0 Å². The first-order valence-electron chi connectivity index (χ1n) is 6.42. The number of carbonyl (C=O) groups is 1. The molecule has 0 fully saturated rings. The minimum Gasteiger partial charge on any atom is -0.497 e. The van der Waals surface area contributed by atoms with E-state index in [0.29, 0.717) is 10.8 Å². The summed E-state index contributed by atoms with van der Waals surface area (Å²) in [6.45, 7) is 0. The van der Waals surface area contributed by atoms with Crippen LogP contribution in [-0.2, 0) is 4.79 Å². The molecule has 114 valence electrons.